The SMILES string of the molecule is CC1(O)CN(S(=O)(=O)c2cc(N)cc(Cl)c2F)C1. The van der Waals surface area contributed by atoms with E-state index in [4.69, 9.17) is 17.3 Å². The molecule has 0 aromatic heterocycles. The monoisotopic (exact) mass is 294 g/mol. The molecule has 0 saturated carbocycles. The Morgan fingerprint density at radius 3 is 2.56 bits per heavy atom. The van der Waals surface area contributed by atoms with Crippen molar-refractivity contribution < 1.29 is 17.9 Å². The van der Waals surface area contributed by atoms with Gasteiger partial charge in [-0.3, -0.25) is 0 Å². The molecule has 1 heterocycles. The molecule has 1 aliphatic rings. The highest BCUT2D eigenvalue weighted by Crippen LogP contribution is 2.32. The molecule has 0 unspecified atom stereocenters. The van der Waals surface area contributed by atoms with Crippen molar-refractivity contribution in [2.75, 3.05) is 18.8 Å². The highest BCUT2D eigenvalue weighted by Gasteiger charge is 2.44. The number of nitrogens with zero attached hydrogens (tertiary/aromatic N) is 1. The molecule has 8 heteroatoms. The first-order valence-electron chi connectivity index (χ1n) is 5.10. The number of hydrogen-bond acceptors (Lipinski definition) is 4. The van der Waals surface area contributed by atoms with Gasteiger partial charge in [-0.1, -0.05) is 11.6 Å². The van der Waals surface area contributed by atoms with E-state index in [0.29, 0.717) is 0 Å². The molecule has 1 fully saturated rings. The molecular weight excluding hydrogens is 283 g/mol. The molecule has 0 bridgehead atoms. The molecule has 5 nitrogen and oxygen atoms in total. The van der Waals surface area contributed by atoms with Gasteiger partial charge >= 0.3 is 0 Å². The Morgan fingerprint density at radius 1 is 1.50 bits per heavy atom. The first-order valence-corrected chi connectivity index (χ1v) is 6.92. The van der Waals surface area contributed by atoms with Crippen LogP contribution in [0.3, 0.4) is 0 Å². The van der Waals surface area contributed by atoms with Crippen molar-refractivity contribution in [1.82, 2.24) is 4.31 Å². The summed E-state index contributed by atoms with van der Waals surface area (Å²) < 4.78 is 38.9. The second-order valence-corrected chi connectivity index (χ2v) is 6.90. The van der Waals surface area contributed by atoms with Gasteiger partial charge in [0.2, 0.25) is 10.0 Å². The number of nitrogens with two attached hydrogens (primary N) is 1. The topological polar surface area (TPSA) is 83.6 Å². The van der Waals surface area contributed by atoms with Gasteiger partial charge in [-0.05, 0) is 19.1 Å². The highest BCUT2D eigenvalue weighted by atomic mass is 35.5. The van der Waals surface area contributed by atoms with Gasteiger partial charge in [0.25, 0.3) is 0 Å². The van der Waals surface area contributed by atoms with Crippen LogP contribution >= 0.6 is 11.6 Å². The van der Waals surface area contributed by atoms with Crippen molar-refractivity contribution in [2.45, 2.75) is 17.4 Å². The van der Waals surface area contributed by atoms with Crippen LogP contribution in [0.25, 0.3) is 0 Å². The first-order chi connectivity index (χ1) is 8.13. The average molecular weight is 295 g/mol. The molecule has 1 aromatic rings. The van der Waals surface area contributed by atoms with E-state index in [2.05, 4.69) is 0 Å². The third-order valence-corrected chi connectivity index (χ3v) is 4.73. The van der Waals surface area contributed by atoms with E-state index in [1.54, 1.807) is 0 Å². The van der Waals surface area contributed by atoms with E-state index >= 15 is 0 Å². The predicted octanol–water partition coefficient (Wildman–Crippen LogP) is 0.817. The van der Waals surface area contributed by atoms with Crippen LogP contribution in [-0.2, 0) is 10.0 Å². The van der Waals surface area contributed by atoms with Gasteiger partial charge in [-0.15, -0.1) is 0 Å². The van der Waals surface area contributed by atoms with E-state index < -0.39 is 26.3 Å². The molecular formula is C10H12ClFN2O3S. The third kappa shape index (κ3) is 2.18. The van der Waals surface area contributed by atoms with Gasteiger partial charge in [0.15, 0.2) is 5.82 Å². The van der Waals surface area contributed by atoms with Crippen LogP contribution in [-0.4, -0.2) is 36.5 Å². The number of hydrogen-bond donors (Lipinski definition) is 2. The zero-order valence-electron chi connectivity index (χ0n) is 9.52. The fourth-order valence-electron chi connectivity index (χ4n) is 1.79. The van der Waals surface area contributed by atoms with E-state index in [0.717, 1.165) is 16.4 Å². The number of benzene rings is 1. The summed E-state index contributed by atoms with van der Waals surface area (Å²) in [7, 11) is -4.02. The Kier molecular flexibility index (Phi) is 3.05. The van der Waals surface area contributed by atoms with E-state index in [1.165, 1.54) is 6.92 Å². The molecule has 0 aliphatic carbocycles. The van der Waals surface area contributed by atoms with Crippen molar-refractivity contribution in [3.05, 3.63) is 23.0 Å². The quantitative estimate of drug-likeness (QED) is 0.791. The Labute approximate surface area is 109 Å². The van der Waals surface area contributed by atoms with E-state index in [1.807, 2.05) is 0 Å². The summed E-state index contributed by atoms with van der Waals surface area (Å²) in [6.07, 6.45) is 0. The lowest BCUT2D eigenvalue weighted by atomic mass is 10.0. The van der Waals surface area contributed by atoms with Gasteiger partial charge < -0.3 is 10.8 Å². The van der Waals surface area contributed by atoms with Gasteiger partial charge in [0, 0.05) is 18.8 Å². The zero-order chi connectivity index (χ0) is 13.7. The van der Waals surface area contributed by atoms with Gasteiger partial charge in [-0.25, -0.2) is 12.8 Å². The van der Waals surface area contributed by atoms with Crippen LogP contribution in [0.4, 0.5) is 10.1 Å². The summed E-state index contributed by atoms with van der Waals surface area (Å²) >= 11 is 5.56. The number of aliphatic hydroxyl groups is 1. The summed E-state index contributed by atoms with van der Waals surface area (Å²) in [5.74, 6) is -1.03. The number of rotatable bonds is 2. The van der Waals surface area contributed by atoms with Crippen LogP contribution in [0.15, 0.2) is 17.0 Å². The maximum Gasteiger partial charge on any atom is 0.246 e. The number of anilines is 1. The second kappa shape index (κ2) is 4.06. The van der Waals surface area contributed by atoms with Crippen molar-refractivity contribution in [3.8, 4) is 0 Å². The lowest BCUT2D eigenvalue weighted by Gasteiger charge is -2.42. The fraction of sp³-hybridized carbons (Fsp3) is 0.400. The van der Waals surface area contributed by atoms with Crippen molar-refractivity contribution in [2.24, 2.45) is 0 Å². The Hall–Kier alpha value is -0.890. The molecule has 100 valence electrons. The van der Waals surface area contributed by atoms with Crippen molar-refractivity contribution in [3.63, 3.8) is 0 Å². The summed E-state index contributed by atoms with van der Waals surface area (Å²) in [5.41, 5.74) is 4.44. The van der Waals surface area contributed by atoms with Crippen LogP contribution in [0.1, 0.15) is 6.92 Å². The maximum atomic E-state index is 13.7. The number of β-amino-alcohol motifs (C(OH)–C–C–N with tert-alkyl or cyclic N) is 1. The fourth-order valence-corrected chi connectivity index (χ4v) is 3.87. The molecule has 1 aliphatic heterocycles. The van der Waals surface area contributed by atoms with E-state index in [9.17, 15) is 17.9 Å². The van der Waals surface area contributed by atoms with Gasteiger partial charge in [-0.2, -0.15) is 4.31 Å². The van der Waals surface area contributed by atoms with Gasteiger partial charge in [0.1, 0.15) is 4.90 Å². The standard InChI is InChI=1S/C10H12ClFN2O3S/c1-10(15)4-14(5-10)18(16,17)8-3-6(13)2-7(11)9(8)12/h2-3,15H,4-5,13H2,1H3. The largest absolute Gasteiger partial charge is 0.399 e. The normalized spacial score (nSPS) is 19.6. The summed E-state index contributed by atoms with van der Waals surface area (Å²) in [6.45, 7) is 1.34. The summed E-state index contributed by atoms with van der Waals surface area (Å²) in [6, 6.07) is 2.16. The smallest absolute Gasteiger partial charge is 0.246 e. The lowest BCUT2D eigenvalue weighted by Crippen LogP contribution is -2.61. The molecule has 3 N–H and O–H groups in total. The van der Waals surface area contributed by atoms with Gasteiger partial charge in [0.05, 0.1) is 10.6 Å². The zero-order valence-corrected chi connectivity index (χ0v) is 11.1. The molecule has 1 saturated heterocycles. The minimum Gasteiger partial charge on any atom is -0.399 e. The molecule has 0 amide bonds. The third-order valence-electron chi connectivity index (χ3n) is 2.67. The van der Waals surface area contributed by atoms with Crippen LogP contribution in [0.2, 0.25) is 5.02 Å². The summed E-state index contributed by atoms with van der Waals surface area (Å²) in [4.78, 5) is -0.567. The van der Waals surface area contributed by atoms with Crippen LogP contribution in [0.5, 0.6) is 0 Å². The Balaban J connectivity index is 2.43. The molecule has 0 spiro atoms. The minimum absolute atomic E-state index is 0.0623. The van der Waals surface area contributed by atoms with Crippen molar-refractivity contribution >= 4 is 27.3 Å². The van der Waals surface area contributed by atoms with Crippen molar-refractivity contribution in [1.29, 1.82) is 0 Å². The second-order valence-electron chi connectivity index (χ2n) is 4.58. The van der Waals surface area contributed by atoms with E-state index in [-0.39, 0.29) is 23.8 Å². The first kappa shape index (κ1) is 13.5. The minimum atomic E-state index is -4.02. The molecule has 0 radical (unpaired) electrons. The number of sulfonamides is 1. The summed E-state index contributed by atoms with van der Waals surface area (Å²) in [5, 5.41) is 9.18. The molecule has 18 heavy (non-hydrogen) atoms. The number of halogens is 2. The average Bonchev–Trinajstić information content (AvgIpc) is 2.19. The highest BCUT2D eigenvalue weighted by molar-refractivity contribution is 7.89. The Morgan fingerprint density at radius 2 is 2.06 bits per heavy atom. The maximum absolute atomic E-state index is 13.7. The molecule has 0 atom stereocenters. The Bertz CT molecular complexity index is 595. The lowest BCUT2D eigenvalue weighted by molar-refractivity contribution is -0.0427. The molecule has 1 aromatic carbocycles. The van der Waals surface area contributed by atoms with Crippen LogP contribution in [0, 0.1) is 5.82 Å². The molecule has 2 rings (SSSR count). The van der Waals surface area contributed by atoms with Crippen LogP contribution < -0.4 is 5.73 Å². The predicted molar refractivity (Wildman–Crippen MR) is 65.2 cm³/mol. The number of nitrogen functional groups attached to an aromatic ring is 1.